The first-order valence-corrected chi connectivity index (χ1v) is 11.9. The molecule has 0 aliphatic carbocycles. The normalized spacial score (nSPS) is 11.4. The fourth-order valence-corrected chi connectivity index (χ4v) is 4.08. The summed E-state index contributed by atoms with van der Waals surface area (Å²) in [5.41, 5.74) is 1.26. The molecule has 0 fully saturated rings. The Hall–Kier alpha value is -2.19. The molecule has 3 rings (SSSR count). The summed E-state index contributed by atoms with van der Waals surface area (Å²) in [5, 5.41) is 5.03. The summed E-state index contributed by atoms with van der Waals surface area (Å²) in [6, 6.07) is 9.26. The van der Waals surface area contributed by atoms with Gasteiger partial charge in [0.25, 0.3) is 5.56 Å². The van der Waals surface area contributed by atoms with E-state index in [1.165, 1.54) is 4.68 Å². The third-order valence-electron chi connectivity index (χ3n) is 4.57. The van der Waals surface area contributed by atoms with E-state index in [-0.39, 0.29) is 5.56 Å². The van der Waals surface area contributed by atoms with Gasteiger partial charge in [0.05, 0.1) is 34.8 Å². The van der Waals surface area contributed by atoms with E-state index in [2.05, 4.69) is 43.9 Å². The van der Waals surface area contributed by atoms with Crippen molar-refractivity contribution in [2.24, 2.45) is 5.10 Å². The first-order valence-electron chi connectivity index (χ1n) is 10.3. The Bertz CT molecular complexity index is 1160. The molecule has 1 aromatic heterocycles. The second kappa shape index (κ2) is 10.9. The van der Waals surface area contributed by atoms with Gasteiger partial charge in [0.1, 0.15) is 5.82 Å². The Labute approximate surface area is 198 Å². The zero-order valence-electron chi connectivity index (χ0n) is 17.8. The van der Waals surface area contributed by atoms with Crippen molar-refractivity contribution in [1.82, 2.24) is 9.66 Å². The Morgan fingerprint density at radius 2 is 1.87 bits per heavy atom. The van der Waals surface area contributed by atoms with E-state index in [0.717, 1.165) is 27.4 Å². The molecule has 8 heteroatoms. The maximum Gasteiger partial charge on any atom is 0.282 e. The molecule has 1 heterocycles. The van der Waals surface area contributed by atoms with Crippen molar-refractivity contribution in [1.29, 1.82) is 0 Å². The van der Waals surface area contributed by atoms with Crippen molar-refractivity contribution in [2.45, 2.75) is 40.0 Å². The molecule has 0 saturated heterocycles. The third-order valence-corrected chi connectivity index (χ3v) is 5.65. The Kier molecular flexibility index (Phi) is 8.26. The van der Waals surface area contributed by atoms with Crippen LogP contribution >= 0.6 is 31.9 Å². The molecule has 0 spiro atoms. The highest BCUT2D eigenvalue weighted by molar-refractivity contribution is 9.10. The number of rotatable bonds is 9. The van der Waals surface area contributed by atoms with Crippen LogP contribution in [0.4, 0.5) is 0 Å². The standard InChI is InChI=1S/C23H25Br2N3O3/c1-4-7-8-21-27-19-10-9-16(24)13-17(19)23(29)28(21)26-14-15-11-18(25)22(31-6-3)20(12-15)30-5-2/h9-14H,4-8H2,1-3H3. The van der Waals surface area contributed by atoms with Crippen LogP contribution in [0.5, 0.6) is 11.5 Å². The van der Waals surface area contributed by atoms with Crippen LogP contribution in [0.25, 0.3) is 10.9 Å². The maximum atomic E-state index is 13.2. The van der Waals surface area contributed by atoms with Gasteiger partial charge in [-0.25, -0.2) is 4.98 Å². The predicted octanol–water partition coefficient (Wildman–Crippen LogP) is 5.94. The van der Waals surface area contributed by atoms with Crippen molar-refractivity contribution in [3.8, 4) is 11.5 Å². The molecular formula is C23H25Br2N3O3. The lowest BCUT2D eigenvalue weighted by molar-refractivity contribution is 0.286. The molecule has 0 N–H and O–H groups in total. The maximum absolute atomic E-state index is 13.2. The molecule has 0 atom stereocenters. The molecule has 0 bridgehead atoms. The van der Waals surface area contributed by atoms with Crippen molar-refractivity contribution >= 4 is 49.0 Å². The molecule has 6 nitrogen and oxygen atoms in total. The summed E-state index contributed by atoms with van der Waals surface area (Å²) in [7, 11) is 0. The summed E-state index contributed by atoms with van der Waals surface area (Å²) >= 11 is 6.98. The molecule has 3 aromatic rings. The number of aromatic nitrogens is 2. The van der Waals surface area contributed by atoms with E-state index in [1.54, 1.807) is 12.3 Å². The third kappa shape index (κ3) is 5.54. The second-order valence-corrected chi connectivity index (χ2v) is 8.62. The molecule has 0 aliphatic heterocycles. The van der Waals surface area contributed by atoms with Gasteiger partial charge in [0, 0.05) is 10.9 Å². The zero-order valence-corrected chi connectivity index (χ0v) is 21.0. The Morgan fingerprint density at radius 3 is 2.58 bits per heavy atom. The zero-order chi connectivity index (χ0) is 22.4. The lowest BCUT2D eigenvalue weighted by Crippen LogP contribution is -2.22. The van der Waals surface area contributed by atoms with E-state index in [1.807, 2.05) is 38.1 Å². The van der Waals surface area contributed by atoms with Gasteiger partial charge in [-0.05, 0) is 72.1 Å². The highest BCUT2D eigenvalue weighted by atomic mass is 79.9. The van der Waals surface area contributed by atoms with Crippen LogP contribution in [-0.2, 0) is 6.42 Å². The van der Waals surface area contributed by atoms with Crippen LogP contribution in [0, 0.1) is 0 Å². The van der Waals surface area contributed by atoms with Crippen LogP contribution in [0.3, 0.4) is 0 Å². The Balaban J connectivity index is 2.09. The second-order valence-electron chi connectivity index (χ2n) is 6.85. The number of unbranched alkanes of at least 4 members (excludes halogenated alkanes) is 1. The molecule has 0 aliphatic rings. The van der Waals surface area contributed by atoms with Gasteiger partial charge >= 0.3 is 0 Å². The van der Waals surface area contributed by atoms with Crippen LogP contribution in [0.1, 0.15) is 45.0 Å². The number of hydrogen-bond acceptors (Lipinski definition) is 5. The van der Waals surface area contributed by atoms with Crippen LogP contribution < -0.4 is 15.0 Å². The fourth-order valence-electron chi connectivity index (χ4n) is 3.14. The minimum absolute atomic E-state index is 0.191. The number of halogens is 2. The lowest BCUT2D eigenvalue weighted by atomic mass is 10.2. The molecule has 164 valence electrons. The lowest BCUT2D eigenvalue weighted by Gasteiger charge is -2.13. The molecule has 0 radical (unpaired) electrons. The van der Waals surface area contributed by atoms with Crippen molar-refractivity contribution < 1.29 is 9.47 Å². The van der Waals surface area contributed by atoms with Gasteiger partial charge in [0.15, 0.2) is 11.5 Å². The van der Waals surface area contributed by atoms with Gasteiger partial charge in [-0.2, -0.15) is 9.78 Å². The number of aryl methyl sites for hydroxylation is 1. The van der Waals surface area contributed by atoms with Crippen LogP contribution in [0.15, 0.2) is 49.2 Å². The molecule has 0 amide bonds. The predicted molar refractivity (Wildman–Crippen MR) is 132 cm³/mol. The van der Waals surface area contributed by atoms with Crippen LogP contribution in [-0.4, -0.2) is 29.1 Å². The SMILES string of the molecule is CCCCc1nc2ccc(Br)cc2c(=O)n1N=Cc1cc(Br)c(OCC)c(OCC)c1. The fraction of sp³-hybridized carbons (Fsp3) is 0.348. The van der Waals surface area contributed by atoms with E-state index in [0.29, 0.717) is 47.9 Å². The van der Waals surface area contributed by atoms with Crippen molar-refractivity contribution in [3.63, 3.8) is 0 Å². The average Bonchev–Trinajstić information content (AvgIpc) is 2.75. The minimum atomic E-state index is -0.191. The van der Waals surface area contributed by atoms with Gasteiger partial charge in [0.2, 0.25) is 0 Å². The average molecular weight is 551 g/mol. The minimum Gasteiger partial charge on any atom is -0.490 e. The number of fused-ring (bicyclic) bond motifs is 1. The number of nitrogens with zero attached hydrogens (tertiary/aromatic N) is 3. The molecular weight excluding hydrogens is 526 g/mol. The van der Waals surface area contributed by atoms with Gasteiger partial charge in [-0.1, -0.05) is 29.3 Å². The summed E-state index contributed by atoms with van der Waals surface area (Å²) in [5.74, 6) is 1.92. The van der Waals surface area contributed by atoms with Crippen molar-refractivity contribution in [3.05, 3.63) is 61.0 Å². The first-order chi connectivity index (χ1) is 15.0. The highest BCUT2D eigenvalue weighted by Gasteiger charge is 2.13. The van der Waals surface area contributed by atoms with Crippen molar-refractivity contribution in [2.75, 3.05) is 13.2 Å². The smallest absolute Gasteiger partial charge is 0.282 e. The number of ether oxygens (including phenoxy) is 2. The molecule has 0 saturated carbocycles. The molecule has 0 unspecified atom stereocenters. The summed E-state index contributed by atoms with van der Waals surface area (Å²) in [4.78, 5) is 17.9. The van der Waals surface area contributed by atoms with Gasteiger partial charge < -0.3 is 9.47 Å². The van der Waals surface area contributed by atoms with Gasteiger partial charge in [-0.15, -0.1) is 0 Å². The molecule has 31 heavy (non-hydrogen) atoms. The summed E-state index contributed by atoms with van der Waals surface area (Å²) in [6.07, 6.45) is 4.24. The highest BCUT2D eigenvalue weighted by Crippen LogP contribution is 2.36. The van der Waals surface area contributed by atoms with E-state index >= 15 is 0 Å². The molecule has 2 aromatic carbocycles. The van der Waals surface area contributed by atoms with E-state index < -0.39 is 0 Å². The first kappa shape index (κ1) is 23.5. The number of hydrogen-bond donors (Lipinski definition) is 0. The van der Waals surface area contributed by atoms with E-state index in [9.17, 15) is 4.79 Å². The Morgan fingerprint density at radius 1 is 1.10 bits per heavy atom. The largest absolute Gasteiger partial charge is 0.490 e. The summed E-state index contributed by atoms with van der Waals surface area (Å²) in [6.45, 7) is 6.99. The van der Waals surface area contributed by atoms with Crippen LogP contribution in [0.2, 0.25) is 0 Å². The van der Waals surface area contributed by atoms with E-state index in [4.69, 9.17) is 14.5 Å². The number of benzene rings is 2. The monoisotopic (exact) mass is 549 g/mol. The topological polar surface area (TPSA) is 65.7 Å². The summed E-state index contributed by atoms with van der Waals surface area (Å²) < 4.78 is 14.4. The quantitative estimate of drug-likeness (QED) is 0.309. The van der Waals surface area contributed by atoms with Gasteiger partial charge in [-0.3, -0.25) is 4.79 Å².